The van der Waals surface area contributed by atoms with Crippen LogP contribution >= 0.6 is 0 Å². The average Bonchev–Trinajstić information content (AvgIpc) is 2.31. The van der Waals surface area contributed by atoms with Gasteiger partial charge in [-0.2, -0.15) is 0 Å². The minimum absolute atomic E-state index is 0.748. The maximum absolute atomic E-state index is 2.21. The molecule has 0 amide bonds. The third-order valence-corrected chi connectivity index (χ3v) is 3.69. The molecule has 0 unspecified atom stereocenters. The van der Waals surface area contributed by atoms with Gasteiger partial charge in [0.25, 0.3) is 0 Å². The third kappa shape index (κ3) is 2.73. The summed E-state index contributed by atoms with van der Waals surface area (Å²) in [6.07, 6.45) is 0. The molecule has 2 rings (SSSR count). The van der Waals surface area contributed by atoms with Crippen LogP contribution in [0.4, 0.5) is 5.69 Å². The van der Waals surface area contributed by atoms with Crippen LogP contribution in [0.15, 0.2) is 54.6 Å². The zero-order valence-corrected chi connectivity index (χ0v) is 10.6. The van der Waals surface area contributed by atoms with Crippen LogP contribution in [-0.4, -0.2) is 23.6 Å². The van der Waals surface area contributed by atoms with Gasteiger partial charge in [0.05, 0.1) is 0 Å². The van der Waals surface area contributed by atoms with E-state index in [2.05, 4.69) is 73.6 Å². The molecule has 2 aromatic carbocycles. The Labute approximate surface area is 99.6 Å². The molecular formula is C14H15NSi. The van der Waals surface area contributed by atoms with Gasteiger partial charge in [-0.05, 0) is 12.1 Å². The van der Waals surface area contributed by atoms with E-state index in [1.165, 1.54) is 16.1 Å². The van der Waals surface area contributed by atoms with Crippen molar-refractivity contribution in [2.45, 2.75) is 0 Å². The smallest absolute Gasteiger partial charge is 0.121 e. The van der Waals surface area contributed by atoms with Gasteiger partial charge in [0.15, 0.2) is 0 Å². The maximum atomic E-state index is 2.21. The number of hydrogen-bond donors (Lipinski definition) is 0. The van der Waals surface area contributed by atoms with E-state index in [0.717, 1.165) is 9.52 Å². The monoisotopic (exact) mass is 225 g/mol. The van der Waals surface area contributed by atoms with E-state index in [-0.39, 0.29) is 0 Å². The molecule has 0 spiro atoms. The van der Waals surface area contributed by atoms with Crippen LogP contribution in [0.25, 0.3) is 0 Å². The lowest BCUT2D eigenvalue weighted by Crippen LogP contribution is -2.26. The maximum Gasteiger partial charge on any atom is 0.121 e. The second-order valence-corrected chi connectivity index (χ2v) is 5.34. The van der Waals surface area contributed by atoms with Crippen molar-refractivity contribution in [3.05, 3.63) is 54.6 Å². The fourth-order valence-electron chi connectivity index (χ4n) is 1.53. The van der Waals surface area contributed by atoms with Crippen LogP contribution in [0.3, 0.4) is 0 Å². The van der Waals surface area contributed by atoms with Crippen LogP contribution < -0.4 is 15.3 Å². The fraction of sp³-hybridized carbons (Fsp3) is 0.143. The summed E-state index contributed by atoms with van der Waals surface area (Å²) in [6.45, 7) is 0. The van der Waals surface area contributed by atoms with Crippen LogP contribution in [0, 0.1) is 0 Å². The highest BCUT2D eigenvalue weighted by molar-refractivity contribution is 6.67. The first kappa shape index (κ1) is 11.0. The number of benzene rings is 2. The highest BCUT2D eigenvalue weighted by Crippen LogP contribution is 2.06. The molecule has 0 aromatic heterocycles. The van der Waals surface area contributed by atoms with Crippen molar-refractivity contribution in [3.8, 4) is 0 Å². The van der Waals surface area contributed by atoms with E-state index in [4.69, 9.17) is 0 Å². The van der Waals surface area contributed by atoms with Gasteiger partial charge in [0.2, 0.25) is 0 Å². The molecule has 1 nitrogen and oxygen atoms in total. The second kappa shape index (κ2) is 4.99. The summed E-state index contributed by atoms with van der Waals surface area (Å²) >= 11 is 0. The van der Waals surface area contributed by atoms with E-state index in [1.54, 1.807) is 0 Å². The van der Waals surface area contributed by atoms with Gasteiger partial charge in [0.1, 0.15) is 9.52 Å². The van der Waals surface area contributed by atoms with E-state index >= 15 is 0 Å². The highest BCUT2D eigenvalue weighted by atomic mass is 28.2. The Bertz CT molecular complexity index is 434. The molecule has 0 atom stereocenters. The normalized spacial score (nSPS) is 10.1. The average molecular weight is 225 g/mol. The van der Waals surface area contributed by atoms with E-state index in [0.29, 0.717) is 0 Å². The quantitative estimate of drug-likeness (QED) is 0.714. The molecule has 0 aliphatic rings. The number of nitrogens with zero attached hydrogens (tertiary/aromatic N) is 1. The molecule has 0 heterocycles. The van der Waals surface area contributed by atoms with Gasteiger partial charge in [-0.3, -0.25) is 0 Å². The molecular weight excluding hydrogens is 210 g/mol. The molecule has 0 saturated heterocycles. The molecule has 2 heteroatoms. The zero-order chi connectivity index (χ0) is 11.4. The Morgan fingerprint density at radius 3 is 1.88 bits per heavy atom. The second-order valence-electron chi connectivity index (χ2n) is 3.93. The topological polar surface area (TPSA) is 3.24 Å². The number of anilines is 1. The standard InChI is InChI=1S/C14H15NSi/c1-15(2)12-8-10-14(11-9-12)16-13-6-4-3-5-7-13/h3-11H,1-2H3. The highest BCUT2D eigenvalue weighted by Gasteiger charge is 1.98. The molecule has 0 aliphatic heterocycles. The minimum Gasteiger partial charge on any atom is -0.378 e. The van der Waals surface area contributed by atoms with Crippen molar-refractivity contribution in [1.29, 1.82) is 0 Å². The van der Waals surface area contributed by atoms with Crippen molar-refractivity contribution >= 4 is 25.6 Å². The SMILES string of the molecule is CN(C)c1ccc([Si]c2ccccc2)cc1. The predicted molar refractivity (Wildman–Crippen MR) is 72.2 cm³/mol. The van der Waals surface area contributed by atoms with Crippen molar-refractivity contribution in [1.82, 2.24) is 0 Å². The Morgan fingerprint density at radius 2 is 1.31 bits per heavy atom. The molecule has 0 saturated carbocycles. The first-order valence-electron chi connectivity index (χ1n) is 5.35. The summed E-state index contributed by atoms with van der Waals surface area (Å²) in [5.74, 6) is 0. The summed E-state index contributed by atoms with van der Waals surface area (Å²) in [5.41, 5.74) is 1.25. The van der Waals surface area contributed by atoms with Crippen LogP contribution in [0.5, 0.6) is 0 Å². The van der Waals surface area contributed by atoms with E-state index in [9.17, 15) is 0 Å². The van der Waals surface area contributed by atoms with Gasteiger partial charge in [-0.15, -0.1) is 0 Å². The van der Waals surface area contributed by atoms with E-state index < -0.39 is 0 Å². The molecule has 2 aromatic rings. The van der Waals surface area contributed by atoms with Crippen molar-refractivity contribution in [2.75, 3.05) is 19.0 Å². The molecule has 80 valence electrons. The van der Waals surface area contributed by atoms with Gasteiger partial charge in [-0.1, -0.05) is 52.8 Å². The molecule has 0 bridgehead atoms. The number of hydrogen-bond acceptors (Lipinski definition) is 1. The molecule has 2 radical (unpaired) electrons. The summed E-state index contributed by atoms with van der Waals surface area (Å²) in [5, 5.41) is 2.77. The van der Waals surface area contributed by atoms with Crippen LogP contribution in [-0.2, 0) is 0 Å². The summed E-state index contributed by atoms with van der Waals surface area (Å²) in [7, 11) is 4.88. The van der Waals surface area contributed by atoms with Crippen LogP contribution in [0.2, 0.25) is 0 Å². The lowest BCUT2D eigenvalue weighted by molar-refractivity contribution is 1.13. The molecule has 16 heavy (non-hydrogen) atoms. The van der Waals surface area contributed by atoms with Gasteiger partial charge in [0, 0.05) is 19.8 Å². The fourth-order valence-corrected chi connectivity index (χ4v) is 2.56. The predicted octanol–water partition coefficient (Wildman–Crippen LogP) is 1.41. The largest absolute Gasteiger partial charge is 0.378 e. The zero-order valence-electron chi connectivity index (χ0n) is 9.64. The molecule has 0 fully saturated rings. The van der Waals surface area contributed by atoms with Gasteiger partial charge < -0.3 is 4.90 Å². The van der Waals surface area contributed by atoms with Crippen molar-refractivity contribution in [3.63, 3.8) is 0 Å². The minimum atomic E-state index is 0.748. The van der Waals surface area contributed by atoms with Gasteiger partial charge >= 0.3 is 0 Å². The Morgan fingerprint density at radius 1 is 0.750 bits per heavy atom. The third-order valence-electron chi connectivity index (χ3n) is 2.45. The lowest BCUT2D eigenvalue weighted by atomic mass is 10.3. The van der Waals surface area contributed by atoms with Crippen molar-refractivity contribution < 1.29 is 0 Å². The van der Waals surface area contributed by atoms with Gasteiger partial charge in [-0.25, -0.2) is 0 Å². The number of rotatable bonds is 3. The first-order chi connectivity index (χ1) is 7.75. The molecule has 0 N–H and O–H groups in total. The summed E-state index contributed by atoms with van der Waals surface area (Å²) in [4.78, 5) is 2.12. The Kier molecular flexibility index (Phi) is 3.42. The molecule has 0 aliphatic carbocycles. The Hall–Kier alpha value is -1.54. The van der Waals surface area contributed by atoms with E-state index in [1.807, 2.05) is 0 Å². The lowest BCUT2D eigenvalue weighted by Gasteiger charge is -2.12. The summed E-state index contributed by atoms with van der Waals surface area (Å²) in [6, 6.07) is 19.4. The van der Waals surface area contributed by atoms with Crippen molar-refractivity contribution in [2.24, 2.45) is 0 Å². The summed E-state index contributed by atoms with van der Waals surface area (Å²) < 4.78 is 0. The Balaban J connectivity index is 2.11. The first-order valence-corrected chi connectivity index (χ1v) is 6.35. The van der Waals surface area contributed by atoms with Crippen LogP contribution in [0.1, 0.15) is 0 Å².